The van der Waals surface area contributed by atoms with Crippen molar-refractivity contribution in [2.24, 2.45) is 0 Å². The van der Waals surface area contributed by atoms with Gasteiger partial charge in [0.25, 0.3) is 11.8 Å². The van der Waals surface area contributed by atoms with Gasteiger partial charge in [0.1, 0.15) is 23.7 Å². The lowest BCUT2D eigenvalue weighted by molar-refractivity contribution is -0.127. The Morgan fingerprint density at radius 2 is 1.76 bits per heavy atom. The molecule has 0 spiro atoms. The van der Waals surface area contributed by atoms with Crippen molar-refractivity contribution in [2.75, 3.05) is 36.4 Å². The molecule has 0 saturated carbocycles. The molecule has 192 valence electrons. The summed E-state index contributed by atoms with van der Waals surface area (Å²) < 4.78 is 14.8. The normalized spacial score (nSPS) is 13.8. The molecule has 1 aliphatic rings. The molecular weight excluding hydrogens is 489 g/mol. The number of anilines is 2. The molecule has 2 aromatic carbocycles. The minimum Gasteiger partial charge on any atom is -0.511 e. The number of hydrogen-bond donors (Lipinski definition) is 2. The Balaban J connectivity index is 1.45. The Kier molecular flexibility index (Phi) is 7.40. The number of carbonyl (C=O) groups is 2. The Labute approximate surface area is 218 Å². The number of allylic oxidation sites excluding steroid dienone is 1. The van der Waals surface area contributed by atoms with Crippen LogP contribution >= 0.6 is 0 Å². The van der Waals surface area contributed by atoms with E-state index >= 15 is 0 Å². The van der Waals surface area contributed by atoms with Crippen LogP contribution in [0.15, 0.2) is 60.0 Å². The van der Waals surface area contributed by atoms with Crippen molar-refractivity contribution >= 4 is 23.2 Å². The zero-order valence-corrected chi connectivity index (χ0v) is 20.8. The molecule has 2 amide bonds. The Morgan fingerprint density at radius 1 is 1.08 bits per heavy atom. The number of aliphatic hydroxyl groups excluding tert-OH is 1. The van der Waals surface area contributed by atoms with E-state index < -0.39 is 11.8 Å². The van der Waals surface area contributed by atoms with Crippen LogP contribution in [0.5, 0.6) is 0 Å². The molecule has 0 aliphatic carbocycles. The fourth-order valence-corrected chi connectivity index (χ4v) is 4.24. The molecule has 4 rings (SSSR count). The van der Waals surface area contributed by atoms with E-state index in [-0.39, 0.29) is 17.1 Å². The number of nitriles is 2. The van der Waals surface area contributed by atoms with Gasteiger partial charge in [-0.25, -0.2) is 9.07 Å². The molecule has 38 heavy (non-hydrogen) atoms. The van der Waals surface area contributed by atoms with E-state index in [4.69, 9.17) is 5.26 Å². The molecule has 0 atom stereocenters. The molecular formula is C27H24FN7O3. The summed E-state index contributed by atoms with van der Waals surface area (Å²) in [4.78, 5) is 28.9. The summed E-state index contributed by atoms with van der Waals surface area (Å²) in [5.74, 6) is -1.61. The molecule has 3 aromatic rings. The number of carbonyl (C=O) groups excluding carboxylic acids is 2. The highest BCUT2D eigenvalue weighted by Crippen LogP contribution is 2.26. The number of aliphatic hydroxyl groups is 1. The lowest BCUT2D eigenvalue weighted by Gasteiger charge is -2.36. The smallest absolute Gasteiger partial charge is 0.268 e. The summed E-state index contributed by atoms with van der Waals surface area (Å²) in [6.07, 6.45) is 1.43. The van der Waals surface area contributed by atoms with Gasteiger partial charge in [-0.15, -0.1) is 0 Å². The van der Waals surface area contributed by atoms with Gasteiger partial charge < -0.3 is 20.2 Å². The van der Waals surface area contributed by atoms with E-state index in [9.17, 15) is 24.3 Å². The van der Waals surface area contributed by atoms with Gasteiger partial charge in [-0.05, 0) is 56.3 Å². The van der Waals surface area contributed by atoms with Crippen molar-refractivity contribution in [3.63, 3.8) is 0 Å². The lowest BCUT2D eigenvalue weighted by atomic mass is 10.1. The van der Waals surface area contributed by atoms with Crippen LogP contribution in [0.25, 0.3) is 5.69 Å². The first-order chi connectivity index (χ1) is 18.2. The molecule has 2 heterocycles. The zero-order chi connectivity index (χ0) is 27.4. The summed E-state index contributed by atoms with van der Waals surface area (Å²) in [5.41, 5.74) is 2.69. The largest absolute Gasteiger partial charge is 0.511 e. The predicted octanol–water partition coefficient (Wildman–Crippen LogP) is 3.45. The van der Waals surface area contributed by atoms with E-state index in [1.54, 1.807) is 48.0 Å². The van der Waals surface area contributed by atoms with Gasteiger partial charge in [-0.2, -0.15) is 15.6 Å². The van der Waals surface area contributed by atoms with Gasteiger partial charge in [0.05, 0.1) is 34.4 Å². The molecule has 2 N–H and O–H groups in total. The molecule has 1 aliphatic heterocycles. The maximum absolute atomic E-state index is 13.2. The quantitative estimate of drug-likeness (QED) is 0.303. The standard InChI is InChI=1S/C27H24FN7O3/c1-17-24(16-31-35(17)22-6-3-20(28)4-7-22)26(37)32-21-5-8-25(19(13-21)14-29)33-9-11-34(12-10-33)27(38)23(15-30)18(2)36/h3-8,13,16,36H,9-12H2,1-2H3,(H,32,37)/b23-18-. The van der Waals surface area contributed by atoms with E-state index in [1.807, 2.05) is 4.90 Å². The molecule has 1 fully saturated rings. The topological polar surface area (TPSA) is 138 Å². The molecule has 0 unspecified atom stereocenters. The van der Waals surface area contributed by atoms with Crippen molar-refractivity contribution in [2.45, 2.75) is 13.8 Å². The third-order valence-corrected chi connectivity index (χ3v) is 6.30. The van der Waals surface area contributed by atoms with Crippen molar-refractivity contribution < 1.29 is 19.1 Å². The van der Waals surface area contributed by atoms with Crippen molar-refractivity contribution in [3.05, 3.63) is 82.6 Å². The lowest BCUT2D eigenvalue weighted by Crippen LogP contribution is -2.49. The van der Waals surface area contributed by atoms with E-state index in [0.29, 0.717) is 60.1 Å². The maximum Gasteiger partial charge on any atom is 0.268 e. The molecule has 1 saturated heterocycles. The van der Waals surface area contributed by atoms with Gasteiger partial charge in [-0.3, -0.25) is 9.59 Å². The van der Waals surface area contributed by atoms with Gasteiger partial charge >= 0.3 is 0 Å². The van der Waals surface area contributed by atoms with Crippen LogP contribution in [0.4, 0.5) is 15.8 Å². The summed E-state index contributed by atoms with van der Waals surface area (Å²) >= 11 is 0. The molecule has 0 bridgehead atoms. The van der Waals surface area contributed by atoms with Gasteiger partial charge in [0.15, 0.2) is 5.57 Å². The number of aromatic nitrogens is 2. The fraction of sp³-hybridized carbons (Fsp3) is 0.222. The Hall–Kier alpha value is -5.16. The van der Waals surface area contributed by atoms with Crippen molar-refractivity contribution in [1.29, 1.82) is 10.5 Å². The monoisotopic (exact) mass is 513 g/mol. The average Bonchev–Trinajstić information content (AvgIpc) is 3.30. The van der Waals surface area contributed by atoms with Crippen LogP contribution in [0.2, 0.25) is 0 Å². The summed E-state index contributed by atoms with van der Waals surface area (Å²) in [7, 11) is 0. The van der Waals surface area contributed by atoms with Crippen LogP contribution < -0.4 is 10.2 Å². The van der Waals surface area contributed by atoms with Gasteiger partial charge in [-0.1, -0.05) is 0 Å². The van der Waals surface area contributed by atoms with Crippen LogP contribution in [-0.2, 0) is 4.79 Å². The predicted molar refractivity (Wildman–Crippen MR) is 137 cm³/mol. The number of amides is 2. The molecule has 1 aromatic heterocycles. The summed E-state index contributed by atoms with van der Waals surface area (Å²) in [5, 5.41) is 35.5. The van der Waals surface area contributed by atoms with E-state index in [2.05, 4.69) is 16.5 Å². The van der Waals surface area contributed by atoms with E-state index in [0.717, 1.165) is 0 Å². The third-order valence-electron chi connectivity index (χ3n) is 6.30. The van der Waals surface area contributed by atoms with Gasteiger partial charge in [0, 0.05) is 31.9 Å². The highest BCUT2D eigenvalue weighted by molar-refractivity contribution is 6.05. The van der Waals surface area contributed by atoms with Crippen molar-refractivity contribution in [3.8, 4) is 17.8 Å². The maximum atomic E-state index is 13.2. The van der Waals surface area contributed by atoms with Gasteiger partial charge in [0.2, 0.25) is 0 Å². The molecule has 11 heteroatoms. The molecule has 0 radical (unpaired) electrons. The third kappa shape index (κ3) is 5.18. The Morgan fingerprint density at radius 3 is 2.37 bits per heavy atom. The first kappa shape index (κ1) is 25.9. The number of nitrogens with zero attached hydrogens (tertiary/aromatic N) is 6. The number of hydrogen-bond acceptors (Lipinski definition) is 7. The minimum atomic E-state index is -0.524. The summed E-state index contributed by atoms with van der Waals surface area (Å²) in [6, 6.07) is 14.7. The number of nitrogens with one attached hydrogen (secondary N) is 1. The van der Waals surface area contributed by atoms with Crippen LogP contribution in [0.1, 0.15) is 28.5 Å². The Bertz CT molecular complexity index is 1500. The number of piperazine rings is 1. The van der Waals surface area contributed by atoms with Crippen molar-refractivity contribution in [1.82, 2.24) is 14.7 Å². The van der Waals surface area contributed by atoms with Crippen LogP contribution in [-0.4, -0.2) is 57.8 Å². The number of rotatable bonds is 5. The van der Waals surface area contributed by atoms with Crippen LogP contribution in [0, 0.1) is 35.4 Å². The summed E-state index contributed by atoms with van der Waals surface area (Å²) in [6.45, 7) is 4.52. The fourth-order valence-electron chi connectivity index (χ4n) is 4.24. The second kappa shape index (κ2) is 10.8. The SMILES string of the molecule is C/C(O)=C(\C#N)C(=O)N1CCN(c2ccc(NC(=O)c3cnn(-c4ccc(F)cc4)c3C)cc2C#N)CC1. The highest BCUT2D eigenvalue weighted by atomic mass is 19.1. The molecule has 10 nitrogen and oxygen atoms in total. The van der Waals surface area contributed by atoms with E-state index in [1.165, 1.54) is 30.2 Å². The highest BCUT2D eigenvalue weighted by Gasteiger charge is 2.26. The minimum absolute atomic E-state index is 0.283. The first-order valence-electron chi connectivity index (χ1n) is 11.7. The first-order valence-corrected chi connectivity index (χ1v) is 11.7. The second-order valence-corrected chi connectivity index (χ2v) is 8.68. The van der Waals surface area contributed by atoms with Crippen LogP contribution in [0.3, 0.4) is 0 Å². The zero-order valence-electron chi connectivity index (χ0n) is 20.8. The second-order valence-electron chi connectivity index (χ2n) is 8.68. The number of benzene rings is 2. The number of halogens is 1. The average molecular weight is 514 g/mol.